The van der Waals surface area contributed by atoms with Gasteiger partial charge in [0.2, 0.25) is 5.91 Å². The number of benzene rings is 4. The van der Waals surface area contributed by atoms with Crippen LogP contribution in [0.1, 0.15) is 21.7 Å². The molecule has 0 unspecified atom stereocenters. The van der Waals surface area contributed by atoms with Crippen LogP contribution >= 0.6 is 27.7 Å². The van der Waals surface area contributed by atoms with E-state index in [9.17, 15) is 14.4 Å². The summed E-state index contributed by atoms with van der Waals surface area (Å²) in [6.07, 6.45) is 2.38. The molecule has 0 fully saturated rings. The molecular weight excluding hydrogens is 650 g/mol. The number of nitrogens with one attached hydrogen (secondary N) is 2. The van der Waals surface area contributed by atoms with Gasteiger partial charge < -0.3 is 20.0 Å². The van der Waals surface area contributed by atoms with Crippen molar-refractivity contribution in [3.8, 4) is 11.3 Å². The molecule has 0 atom stereocenters. The number of furan rings is 1. The molecule has 45 heavy (non-hydrogen) atoms. The van der Waals surface area contributed by atoms with E-state index in [1.54, 1.807) is 42.5 Å². The number of nitrogens with zero attached hydrogens (tertiary/aromatic N) is 1. The largest absolute Gasteiger partial charge is 0.457 e. The molecular formula is C36H28BrN3O4S. The quantitative estimate of drug-likeness (QED) is 0.123. The second-order valence-corrected chi connectivity index (χ2v) is 12.2. The number of carbonyl (C=O) groups excluding carboxylic acids is 3. The third-order valence-electron chi connectivity index (χ3n) is 7.23. The van der Waals surface area contributed by atoms with Crippen molar-refractivity contribution in [2.75, 3.05) is 22.5 Å². The molecule has 5 aromatic rings. The molecule has 0 aliphatic carbocycles. The Morgan fingerprint density at radius 1 is 0.844 bits per heavy atom. The van der Waals surface area contributed by atoms with Crippen LogP contribution in [0, 0.1) is 0 Å². The molecule has 0 saturated heterocycles. The van der Waals surface area contributed by atoms with E-state index in [2.05, 4.69) is 32.6 Å². The monoisotopic (exact) mass is 677 g/mol. The van der Waals surface area contributed by atoms with E-state index in [0.717, 1.165) is 27.0 Å². The predicted octanol–water partition coefficient (Wildman–Crippen LogP) is 7.80. The van der Waals surface area contributed by atoms with Crippen molar-refractivity contribution in [3.05, 3.63) is 142 Å². The minimum Gasteiger partial charge on any atom is -0.457 e. The van der Waals surface area contributed by atoms with Crippen molar-refractivity contribution >= 4 is 62.9 Å². The maximum atomic E-state index is 13.4. The Morgan fingerprint density at radius 3 is 2.36 bits per heavy atom. The van der Waals surface area contributed by atoms with Crippen LogP contribution in [-0.2, 0) is 16.0 Å². The van der Waals surface area contributed by atoms with E-state index in [1.165, 1.54) is 23.4 Å². The van der Waals surface area contributed by atoms with E-state index >= 15 is 0 Å². The van der Waals surface area contributed by atoms with Gasteiger partial charge in [0.25, 0.3) is 11.8 Å². The van der Waals surface area contributed by atoms with E-state index in [1.807, 2.05) is 71.6 Å². The molecule has 0 bridgehead atoms. The van der Waals surface area contributed by atoms with Crippen molar-refractivity contribution in [3.63, 3.8) is 0 Å². The third-order valence-corrected chi connectivity index (χ3v) is 8.76. The first-order valence-electron chi connectivity index (χ1n) is 14.3. The zero-order valence-corrected chi connectivity index (χ0v) is 26.4. The zero-order chi connectivity index (χ0) is 31.2. The van der Waals surface area contributed by atoms with Crippen molar-refractivity contribution in [2.24, 2.45) is 0 Å². The minimum atomic E-state index is -0.510. The molecule has 2 N–H and O–H groups in total. The van der Waals surface area contributed by atoms with Gasteiger partial charge in [0.15, 0.2) is 0 Å². The number of carbonyl (C=O) groups is 3. The molecule has 6 rings (SSSR count). The Kier molecular flexibility index (Phi) is 9.28. The highest BCUT2D eigenvalue weighted by Gasteiger charge is 2.24. The molecule has 2 heterocycles. The van der Waals surface area contributed by atoms with Crippen LogP contribution in [0.15, 0.2) is 135 Å². The maximum absolute atomic E-state index is 13.4. The van der Waals surface area contributed by atoms with Crippen LogP contribution in [0.25, 0.3) is 17.4 Å². The second kappa shape index (κ2) is 13.8. The average Bonchev–Trinajstić information content (AvgIpc) is 3.72. The van der Waals surface area contributed by atoms with Crippen LogP contribution in [0.2, 0.25) is 0 Å². The lowest BCUT2D eigenvalue weighted by Gasteiger charge is -2.17. The standard InChI is InChI=1S/C36H28BrN3O4S/c37-27-12-10-25(11-13-27)33-19-16-29(44-33)22-31(39-35(42)26-7-2-1-3-8-26)36(43)38-28-14-17-30(18-15-28)45-23-34(41)40-21-20-24-6-4-5-9-32(24)40/h1-19,22H,20-21,23H2,(H,38,43)(H,39,42). The molecule has 3 amide bonds. The van der Waals surface area contributed by atoms with Crippen LogP contribution in [0.5, 0.6) is 0 Å². The van der Waals surface area contributed by atoms with Crippen LogP contribution in [0.3, 0.4) is 0 Å². The molecule has 1 aromatic heterocycles. The predicted molar refractivity (Wildman–Crippen MR) is 182 cm³/mol. The van der Waals surface area contributed by atoms with Crippen LogP contribution in [0.4, 0.5) is 11.4 Å². The number of halogens is 1. The molecule has 4 aromatic carbocycles. The van der Waals surface area contributed by atoms with Gasteiger partial charge in [-0.15, -0.1) is 11.8 Å². The number of fused-ring (bicyclic) bond motifs is 1. The summed E-state index contributed by atoms with van der Waals surface area (Å²) >= 11 is 4.88. The topological polar surface area (TPSA) is 91.7 Å². The van der Waals surface area contributed by atoms with E-state index in [-0.39, 0.29) is 11.6 Å². The highest BCUT2D eigenvalue weighted by atomic mass is 79.9. The van der Waals surface area contributed by atoms with Gasteiger partial charge in [0.1, 0.15) is 17.2 Å². The summed E-state index contributed by atoms with van der Waals surface area (Å²) in [7, 11) is 0. The molecule has 0 saturated carbocycles. The summed E-state index contributed by atoms with van der Waals surface area (Å²) in [6.45, 7) is 0.698. The summed E-state index contributed by atoms with van der Waals surface area (Å²) in [5.74, 6) is 0.473. The lowest BCUT2D eigenvalue weighted by Crippen LogP contribution is -2.30. The molecule has 1 aliphatic rings. The summed E-state index contributed by atoms with van der Waals surface area (Å²) < 4.78 is 6.94. The first-order chi connectivity index (χ1) is 21.9. The van der Waals surface area contributed by atoms with Gasteiger partial charge in [0.05, 0.1) is 5.75 Å². The normalized spacial score (nSPS) is 12.5. The smallest absolute Gasteiger partial charge is 0.272 e. The van der Waals surface area contributed by atoms with E-state index < -0.39 is 11.8 Å². The molecule has 224 valence electrons. The van der Waals surface area contributed by atoms with Gasteiger partial charge >= 0.3 is 0 Å². The molecule has 7 nitrogen and oxygen atoms in total. The molecule has 1 aliphatic heterocycles. The summed E-state index contributed by atoms with van der Waals surface area (Å²) in [5.41, 5.74) is 4.04. The molecule has 9 heteroatoms. The highest BCUT2D eigenvalue weighted by Crippen LogP contribution is 2.29. The summed E-state index contributed by atoms with van der Waals surface area (Å²) in [6, 6.07) is 35.2. The fraction of sp³-hybridized carbons (Fsp3) is 0.0833. The van der Waals surface area contributed by atoms with Gasteiger partial charge in [-0.05, 0) is 78.7 Å². The van der Waals surface area contributed by atoms with Crippen molar-refractivity contribution in [2.45, 2.75) is 11.3 Å². The number of para-hydroxylation sites is 1. The Labute approximate surface area is 273 Å². The number of amides is 3. The summed E-state index contributed by atoms with van der Waals surface area (Å²) in [4.78, 5) is 42.1. The van der Waals surface area contributed by atoms with Gasteiger partial charge in [-0.2, -0.15) is 0 Å². The Hall–Kier alpha value is -4.86. The lowest BCUT2D eigenvalue weighted by atomic mass is 10.2. The third kappa shape index (κ3) is 7.45. The number of rotatable bonds is 9. The fourth-order valence-electron chi connectivity index (χ4n) is 4.94. The van der Waals surface area contributed by atoms with Crippen LogP contribution < -0.4 is 15.5 Å². The van der Waals surface area contributed by atoms with Crippen molar-refractivity contribution in [1.82, 2.24) is 5.32 Å². The highest BCUT2D eigenvalue weighted by molar-refractivity contribution is 9.10. The van der Waals surface area contributed by atoms with E-state index in [0.29, 0.717) is 35.1 Å². The summed E-state index contributed by atoms with van der Waals surface area (Å²) in [5, 5.41) is 5.59. The van der Waals surface area contributed by atoms with Gasteiger partial charge in [-0.1, -0.05) is 64.5 Å². The lowest BCUT2D eigenvalue weighted by molar-refractivity contribution is -0.116. The first kappa shape index (κ1) is 30.2. The maximum Gasteiger partial charge on any atom is 0.272 e. The van der Waals surface area contributed by atoms with Gasteiger partial charge in [-0.25, -0.2) is 0 Å². The number of hydrogen-bond donors (Lipinski definition) is 2. The minimum absolute atomic E-state index is 0.0236. The Morgan fingerprint density at radius 2 is 1.58 bits per heavy atom. The Bertz CT molecular complexity index is 1870. The van der Waals surface area contributed by atoms with Gasteiger partial charge in [-0.3, -0.25) is 14.4 Å². The SMILES string of the molecule is O=C(Nc1ccc(SCC(=O)N2CCc3ccccc32)cc1)C(=Cc1ccc(-c2ccc(Br)cc2)o1)NC(=O)c1ccccc1. The number of anilines is 2. The second-order valence-electron chi connectivity index (χ2n) is 10.3. The number of thioether (sulfide) groups is 1. The Balaban J connectivity index is 1.14. The fourth-order valence-corrected chi connectivity index (χ4v) is 5.98. The van der Waals surface area contributed by atoms with Crippen molar-refractivity contribution < 1.29 is 18.8 Å². The average molecular weight is 679 g/mol. The van der Waals surface area contributed by atoms with Crippen molar-refractivity contribution in [1.29, 1.82) is 0 Å². The molecule has 0 radical (unpaired) electrons. The van der Waals surface area contributed by atoms with Gasteiger partial charge in [0, 0.05) is 44.5 Å². The number of hydrogen-bond acceptors (Lipinski definition) is 5. The zero-order valence-electron chi connectivity index (χ0n) is 24.0. The van der Waals surface area contributed by atoms with E-state index in [4.69, 9.17) is 4.42 Å². The molecule has 0 spiro atoms. The van der Waals surface area contributed by atoms with Crippen LogP contribution in [-0.4, -0.2) is 30.0 Å². The first-order valence-corrected chi connectivity index (χ1v) is 16.1.